The predicted molar refractivity (Wildman–Crippen MR) is 242 cm³/mol. The number of benzene rings is 4. The number of hydrogen-bond donors (Lipinski definition) is 4. The van der Waals surface area contributed by atoms with Gasteiger partial charge in [0.2, 0.25) is 0 Å². The van der Waals surface area contributed by atoms with E-state index in [9.17, 15) is 34.0 Å². The summed E-state index contributed by atoms with van der Waals surface area (Å²) in [5, 5.41) is 0. The molecular weight excluding hydrogens is 905 g/mol. The Morgan fingerprint density at radius 3 is 0.828 bits per heavy atom. The van der Waals surface area contributed by atoms with Crippen LogP contribution in [0.15, 0.2) is 121 Å². The van der Waals surface area contributed by atoms with Gasteiger partial charge in [0.15, 0.2) is 0 Å². The van der Waals surface area contributed by atoms with Crippen LogP contribution in [0.1, 0.15) is 22.8 Å². The number of fused-ring (bicyclic) bond motifs is 8. The maximum atomic E-state index is 11.4. The van der Waals surface area contributed by atoms with E-state index in [1.54, 1.807) is 72.8 Å². The first kappa shape index (κ1) is 42.2. The molecular formula is C44H28N4O12S4+2. The van der Waals surface area contributed by atoms with Crippen LogP contribution in [0, 0.1) is 0 Å². The van der Waals surface area contributed by atoms with E-state index in [1.165, 1.54) is 24.3 Å². The molecule has 7 aromatic rings. The van der Waals surface area contributed by atoms with Gasteiger partial charge in [-0.3, -0.25) is 9.11 Å². The van der Waals surface area contributed by atoms with E-state index in [1.807, 2.05) is 48.6 Å². The SMILES string of the molecule is O=S(O)Oc1ccc(-c2c3nc(c(-c4ccc(OS(=O)#[O+])cc4)c4ccc([nH]4)c(-c4ccc(OS(=O)O)cc4)c4nc(c(-c5ccc(OS(=O)#[O+])cc5)c5ccc2[nH]5)C=C4)C=C3)cc1. The molecule has 9 rings (SSSR count). The molecule has 2 aliphatic rings. The molecule has 0 radical (unpaired) electrons. The minimum atomic E-state index is -2.79. The number of rotatable bonds is 10. The largest absolute Gasteiger partial charge is 0.0505 e. The van der Waals surface area contributed by atoms with Gasteiger partial charge < -0.3 is 8.37 Å². The Bertz CT molecular complexity index is 3330. The van der Waals surface area contributed by atoms with Gasteiger partial charge in [-0.1, -0.05) is 24.3 Å². The zero-order valence-electron chi connectivity index (χ0n) is 32.4. The molecule has 16 nitrogen and oxygen atoms in total. The smallest absolute Gasteiger partial charge is 0.0176 e. The Hall–Kier alpha value is -7.14. The molecule has 5 heterocycles. The van der Waals surface area contributed by atoms with Crippen LogP contribution in [0.3, 0.4) is 0 Å². The molecule has 0 aliphatic carbocycles. The van der Waals surface area contributed by atoms with Gasteiger partial charge in [-0.2, -0.15) is 8.42 Å². The second-order valence-corrected chi connectivity index (χ2v) is 16.1. The van der Waals surface area contributed by atoms with Gasteiger partial charge >= 0.3 is 287 Å². The van der Waals surface area contributed by atoms with Gasteiger partial charge in [-0.05, 0) is 24.3 Å². The molecule has 2 unspecified atom stereocenters. The minimum Gasteiger partial charge on any atom is -0.0505 e. The molecule has 20 heteroatoms. The van der Waals surface area contributed by atoms with Gasteiger partial charge in [0, 0.05) is 0 Å². The first-order valence-electron chi connectivity index (χ1n) is 18.7. The van der Waals surface area contributed by atoms with Crippen LogP contribution in [-0.2, 0) is 52.5 Å². The normalized spacial score (nSPS) is 12.6. The average Bonchev–Trinajstić information content (AvgIpc) is 4.11. The van der Waals surface area contributed by atoms with Crippen LogP contribution in [0.4, 0.5) is 0 Å². The Balaban J connectivity index is 1.39. The van der Waals surface area contributed by atoms with E-state index >= 15 is 0 Å². The Morgan fingerprint density at radius 2 is 0.609 bits per heavy atom. The summed E-state index contributed by atoms with van der Waals surface area (Å²) in [5.74, 6) is 0.542. The second kappa shape index (κ2) is 17.9. The third-order valence-corrected chi connectivity index (χ3v) is 11.3. The summed E-state index contributed by atoms with van der Waals surface area (Å²) in [7, 11) is -5.57. The van der Waals surface area contributed by atoms with Crippen LogP contribution >= 0.6 is 0 Å². The summed E-state index contributed by atoms with van der Waals surface area (Å²) in [6, 6.07) is 33.7. The van der Waals surface area contributed by atoms with Crippen molar-refractivity contribution in [3.63, 3.8) is 0 Å². The number of H-pyrrole nitrogens is 2. The average molecular weight is 933 g/mol. The van der Waals surface area contributed by atoms with Gasteiger partial charge in [0.25, 0.3) is 0 Å². The number of hydrogen-bond acceptors (Lipinski definition) is 10. The Labute approximate surface area is 371 Å². The van der Waals surface area contributed by atoms with Crippen molar-refractivity contribution < 1.29 is 50.8 Å². The molecule has 3 aromatic heterocycles. The summed E-state index contributed by atoms with van der Waals surface area (Å²) < 4.78 is 107. The number of aromatic nitrogens is 4. The van der Waals surface area contributed by atoms with Crippen LogP contribution in [-0.4, -0.2) is 45.9 Å². The quantitative estimate of drug-likeness (QED) is 0.0741. The molecule has 0 saturated heterocycles. The predicted octanol–water partition coefficient (Wildman–Crippen LogP) is 9.13. The minimum absolute atomic E-state index is 0.107. The van der Waals surface area contributed by atoms with E-state index in [0.29, 0.717) is 89.4 Å². The monoisotopic (exact) mass is 932 g/mol. The molecule has 0 fully saturated rings. The van der Waals surface area contributed by atoms with Gasteiger partial charge in [0.1, 0.15) is 11.5 Å². The van der Waals surface area contributed by atoms with Crippen molar-refractivity contribution in [2.75, 3.05) is 0 Å². The number of nitrogens with zero attached hydrogens (tertiary/aromatic N) is 2. The molecule has 318 valence electrons. The van der Waals surface area contributed by atoms with Crippen LogP contribution < -0.4 is 16.7 Å². The van der Waals surface area contributed by atoms with Crippen LogP contribution in [0.2, 0.25) is 0 Å². The fraction of sp³-hybridized carbons (Fsp3) is 0. The molecule has 4 aromatic carbocycles. The zero-order chi connectivity index (χ0) is 44.5. The van der Waals surface area contributed by atoms with E-state index < -0.39 is 44.4 Å². The molecule has 0 spiro atoms. The topological polar surface area (TPSA) is 243 Å². The molecule has 4 N–H and O–H groups in total. The molecule has 64 heavy (non-hydrogen) atoms. The van der Waals surface area contributed by atoms with Crippen molar-refractivity contribution in [2.24, 2.45) is 0 Å². The third-order valence-electron chi connectivity index (χ3n) is 9.99. The molecule has 0 amide bonds. The molecule has 2 atom stereocenters. The summed E-state index contributed by atoms with van der Waals surface area (Å²) in [4.78, 5) is 17.5. The second-order valence-electron chi connectivity index (χ2n) is 13.8. The first-order chi connectivity index (χ1) is 30.9. The molecule has 0 saturated carbocycles. The molecule has 2 aliphatic heterocycles. The Kier molecular flexibility index (Phi) is 11.8. The fourth-order valence-corrected chi connectivity index (χ4v) is 8.54. The summed E-state index contributed by atoms with van der Waals surface area (Å²) >= 11 is -5.08. The first-order valence-corrected chi connectivity index (χ1v) is 22.7. The number of nitrogens with one attached hydrogen (secondary N) is 2. The van der Waals surface area contributed by atoms with E-state index in [2.05, 4.69) is 9.97 Å². The van der Waals surface area contributed by atoms with Crippen molar-refractivity contribution in [1.29, 1.82) is 0 Å². The summed E-state index contributed by atoms with van der Waals surface area (Å²) in [6.45, 7) is 0. The van der Waals surface area contributed by atoms with Crippen molar-refractivity contribution in [3.05, 3.63) is 144 Å². The van der Waals surface area contributed by atoms with Gasteiger partial charge in [0.05, 0.1) is 0 Å². The van der Waals surface area contributed by atoms with Crippen molar-refractivity contribution in [2.45, 2.75) is 0 Å². The maximum Gasteiger partial charge on any atom is -0.0176 e. The Morgan fingerprint density at radius 1 is 0.375 bits per heavy atom. The van der Waals surface area contributed by atoms with Crippen molar-refractivity contribution in [3.8, 4) is 67.5 Å². The maximum absolute atomic E-state index is 11.4. The van der Waals surface area contributed by atoms with Gasteiger partial charge in [-0.15, -0.1) is 0 Å². The van der Waals surface area contributed by atoms with Crippen molar-refractivity contribution in [1.82, 2.24) is 19.9 Å². The van der Waals surface area contributed by atoms with E-state index in [4.69, 9.17) is 26.7 Å². The van der Waals surface area contributed by atoms with Crippen LogP contribution in [0.25, 0.3) is 90.9 Å². The van der Waals surface area contributed by atoms with E-state index in [-0.39, 0.29) is 23.0 Å². The van der Waals surface area contributed by atoms with E-state index in [0.717, 1.165) is 0 Å². The zero-order valence-corrected chi connectivity index (χ0v) is 35.6. The van der Waals surface area contributed by atoms with Crippen molar-refractivity contribution >= 4 is 90.7 Å². The third kappa shape index (κ3) is 9.02. The van der Waals surface area contributed by atoms with Gasteiger partial charge in [-0.25, -0.2) is 0 Å². The summed E-state index contributed by atoms with van der Waals surface area (Å²) in [5.41, 5.74) is 9.96. The summed E-state index contributed by atoms with van der Waals surface area (Å²) in [6.07, 6.45) is 7.41. The fourth-order valence-electron chi connectivity index (χ4n) is 7.45. The standard InChI is InChI=1S/C44H26N4O12S4/c49-61(50)57-29-9-1-25(2-10-29)41-33-17-19-35(45-33)42(26-3-11-30(12-4-26)58-62(51)52)37-21-23-39(47-37)44(28-7-15-32(16-8-28)60-64(55)56)40-24-22-38(48-40)43(36-20-18-34(41)46-36)27-5-13-31(14-6-27)59-63(53)54/h1-24,45,48H/p+2. The number of aromatic amines is 2. The molecule has 8 bridgehead atoms. The van der Waals surface area contributed by atoms with Crippen LogP contribution in [0.5, 0.6) is 23.0 Å².